The molecule has 1 heterocycles. The summed E-state index contributed by atoms with van der Waals surface area (Å²) in [6.45, 7) is 5.88. The molecule has 0 bridgehead atoms. The van der Waals surface area contributed by atoms with E-state index in [1.54, 1.807) is 0 Å². The average Bonchev–Trinajstić information content (AvgIpc) is 2.43. The summed E-state index contributed by atoms with van der Waals surface area (Å²) in [7, 11) is 2.28. The fraction of sp³-hybridized carbons (Fsp3) is 0.625. The molecule has 0 amide bonds. The first-order chi connectivity index (χ1) is 9.20. The Bertz CT molecular complexity index is 371. The van der Waals surface area contributed by atoms with Crippen LogP contribution in [-0.2, 0) is 0 Å². The molecular weight excluding hydrogens is 300 g/mol. The molecule has 19 heavy (non-hydrogen) atoms. The fourth-order valence-corrected chi connectivity index (χ4v) is 3.35. The van der Waals surface area contributed by atoms with Crippen LogP contribution in [0.4, 0.5) is 0 Å². The predicted molar refractivity (Wildman–Crippen MR) is 85.4 cm³/mol. The quantitative estimate of drug-likeness (QED) is 0.885. The van der Waals surface area contributed by atoms with Crippen molar-refractivity contribution >= 4 is 15.9 Å². The number of halogens is 1. The van der Waals surface area contributed by atoms with E-state index in [0.29, 0.717) is 6.04 Å². The highest BCUT2D eigenvalue weighted by molar-refractivity contribution is 9.10. The number of nitrogens with zero attached hydrogens (tertiary/aromatic N) is 1. The molecule has 106 valence electrons. The molecule has 0 aromatic heterocycles. The van der Waals surface area contributed by atoms with Crippen LogP contribution in [0.2, 0.25) is 0 Å². The maximum Gasteiger partial charge on any atom is 0.0342 e. The zero-order chi connectivity index (χ0) is 13.7. The molecule has 1 unspecified atom stereocenters. The van der Waals surface area contributed by atoms with E-state index in [1.165, 1.54) is 44.5 Å². The summed E-state index contributed by atoms with van der Waals surface area (Å²) < 4.78 is 1.16. The van der Waals surface area contributed by atoms with Crippen molar-refractivity contribution in [3.8, 4) is 0 Å². The lowest BCUT2D eigenvalue weighted by Crippen LogP contribution is -2.36. The van der Waals surface area contributed by atoms with Crippen molar-refractivity contribution in [3.63, 3.8) is 0 Å². The summed E-state index contributed by atoms with van der Waals surface area (Å²) in [4.78, 5) is 2.54. The Hall–Kier alpha value is -0.380. The maximum absolute atomic E-state index is 3.51. The van der Waals surface area contributed by atoms with Crippen LogP contribution in [0, 0.1) is 5.92 Å². The van der Waals surface area contributed by atoms with Gasteiger partial charge in [-0.05, 0) is 63.0 Å². The van der Waals surface area contributed by atoms with Gasteiger partial charge in [0, 0.05) is 17.1 Å². The van der Waals surface area contributed by atoms with E-state index in [-0.39, 0.29) is 0 Å². The first-order valence-electron chi connectivity index (χ1n) is 7.37. The Morgan fingerprint density at radius 2 is 1.89 bits per heavy atom. The number of nitrogens with one attached hydrogen (secondary N) is 1. The van der Waals surface area contributed by atoms with Gasteiger partial charge in [0.25, 0.3) is 0 Å². The van der Waals surface area contributed by atoms with Gasteiger partial charge in [0.1, 0.15) is 0 Å². The summed E-state index contributed by atoms with van der Waals surface area (Å²) in [6.07, 6.45) is 3.81. The minimum absolute atomic E-state index is 0.544. The van der Waals surface area contributed by atoms with Gasteiger partial charge in [-0.15, -0.1) is 0 Å². The maximum atomic E-state index is 3.51. The number of rotatable bonds is 5. The van der Waals surface area contributed by atoms with Gasteiger partial charge >= 0.3 is 0 Å². The summed E-state index contributed by atoms with van der Waals surface area (Å²) in [5.74, 6) is 0.857. The first kappa shape index (κ1) is 15.0. The lowest BCUT2D eigenvalue weighted by Gasteiger charge is -2.33. The second-order valence-electron chi connectivity index (χ2n) is 5.61. The highest BCUT2D eigenvalue weighted by atomic mass is 79.9. The number of hydrogen-bond acceptors (Lipinski definition) is 2. The number of hydrogen-bond donors (Lipinski definition) is 1. The Labute approximate surface area is 125 Å². The molecule has 1 fully saturated rings. The third kappa shape index (κ3) is 4.30. The molecule has 1 aromatic carbocycles. The third-order valence-electron chi connectivity index (χ3n) is 4.18. The third-order valence-corrected chi connectivity index (χ3v) is 4.71. The minimum Gasteiger partial charge on any atom is -0.317 e. The average molecular weight is 325 g/mol. The Morgan fingerprint density at radius 3 is 2.47 bits per heavy atom. The number of piperidine rings is 1. The molecule has 1 aliphatic heterocycles. The molecule has 0 aliphatic carbocycles. The normalized spacial score (nSPS) is 18.7. The lowest BCUT2D eigenvalue weighted by molar-refractivity contribution is 0.182. The Balaban J connectivity index is 1.97. The monoisotopic (exact) mass is 324 g/mol. The van der Waals surface area contributed by atoms with Gasteiger partial charge in [0.15, 0.2) is 0 Å². The van der Waals surface area contributed by atoms with Crippen LogP contribution in [0.15, 0.2) is 28.7 Å². The Kier molecular flexibility index (Phi) is 5.86. The van der Waals surface area contributed by atoms with Crippen molar-refractivity contribution in [2.75, 3.05) is 26.7 Å². The first-order valence-corrected chi connectivity index (χ1v) is 8.16. The molecule has 0 spiro atoms. The van der Waals surface area contributed by atoms with Crippen LogP contribution in [0.5, 0.6) is 0 Å². The van der Waals surface area contributed by atoms with Crippen LogP contribution < -0.4 is 5.32 Å². The smallest absolute Gasteiger partial charge is 0.0342 e. The van der Waals surface area contributed by atoms with E-state index in [1.807, 2.05) is 0 Å². The van der Waals surface area contributed by atoms with Crippen molar-refractivity contribution in [3.05, 3.63) is 34.3 Å². The zero-order valence-corrected chi connectivity index (χ0v) is 13.6. The van der Waals surface area contributed by atoms with Crippen LogP contribution in [-0.4, -0.2) is 31.6 Å². The number of benzene rings is 1. The lowest BCUT2D eigenvalue weighted by atomic mass is 9.95. The molecule has 1 aromatic rings. The second-order valence-corrected chi connectivity index (χ2v) is 6.52. The van der Waals surface area contributed by atoms with E-state index in [2.05, 4.69) is 64.4 Å². The summed E-state index contributed by atoms with van der Waals surface area (Å²) in [5, 5.41) is 3.45. The van der Waals surface area contributed by atoms with Gasteiger partial charge in [-0.2, -0.15) is 0 Å². The molecule has 2 rings (SSSR count). The summed E-state index contributed by atoms with van der Waals surface area (Å²) >= 11 is 3.51. The van der Waals surface area contributed by atoms with Gasteiger partial charge in [-0.3, -0.25) is 4.90 Å². The molecule has 0 radical (unpaired) electrons. The minimum atomic E-state index is 0.544. The second kappa shape index (κ2) is 7.41. The standard InChI is InChI=1S/C16H25BrN2/c1-3-16(14-4-6-15(17)7-5-14)19(2)12-13-8-10-18-11-9-13/h4-7,13,16,18H,3,8-12H2,1-2H3. The highest BCUT2D eigenvalue weighted by Crippen LogP contribution is 2.26. The van der Waals surface area contributed by atoms with E-state index < -0.39 is 0 Å². The Morgan fingerprint density at radius 1 is 1.26 bits per heavy atom. The van der Waals surface area contributed by atoms with Gasteiger partial charge in [-0.1, -0.05) is 35.0 Å². The van der Waals surface area contributed by atoms with E-state index in [4.69, 9.17) is 0 Å². The van der Waals surface area contributed by atoms with Gasteiger partial charge in [0.2, 0.25) is 0 Å². The topological polar surface area (TPSA) is 15.3 Å². The van der Waals surface area contributed by atoms with Gasteiger partial charge < -0.3 is 5.32 Å². The van der Waals surface area contributed by atoms with E-state index in [0.717, 1.165) is 10.4 Å². The molecule has 2 nitrogen and oxygen atoms in total. The summed E-state index contributed by atoms with van der Waals surface area (Å²) in [5.41, 5.74) is 1.43. The molecule has 1 saturated heterocycles. The van der Waals surface area contributed by atoms with Crippen molar-refractivity contribution in [1.82, 2.24) is 10.2 Å². The van der Waals surface area contributed by atoms with Crippen LogP contribution >= 0.6 is 15.9 Å². The predicted octanol–water partition coefficient (Wildman–Crippen LogP) is 3.83. The van der Waals surface area contributed by atoms with Crippen LogP contribution in [0.25, 0.3) is 0 Å². The van der Waals surface area contributed by atoms with Crippen molar-refractivity contribution < 1.29 is 0 Å². The van der Waals surface area contributed by atoms with E-state index in [9.17, 15) is 0 Å². The van der Waals surface area contributed by atoms with Crippen molar-refractivity contribution in [1.29, 1.82) is 0 Å². The molecule has 3 heteroatoms. The highest BCUT2D eigenvalue weighted by Gasteiger charge is 2.20. The molecule has 1 N–H and O–H groups in total. The van der Waals surface area contributed by atoms with Crippen molar-refractivity contribution in [2.24, 2.45) is 5.92 Å². The van der Waals surface area contributed by atoms with Crippen molar-refractivity contribution in [2.45, 2.75) is 32.2 Å². The zero-order valence-electron chi connectivity index (χ0n) is 12.0. The van der Waals surface area contributed by atoms with Crippen LogP contribution in [0.1, 0.15) is 37.8 Å². The van der Waals surface area contributed by atoms with Crippen LogP contribution in [0.3, 0.4) is 0 Å². The SMILES string of the molecule is CCC(c1ccc(Br)cc1)N(C)CC1CCNCC1. The molecule has 1 aliphatic rings. The van der Waals surface area contributed by atoms with E-state index >= 15 is 0 Å². The molecule has 1 atom stereocenters. The van der Waals surface area contributed by atoms with Gasteiger partial charge in [0.05, 0.1) is 0 Å². The van der Waals surface area contributed by atoms with Gasteiger partial charge in [-0.25, -0.2) is 0 Å². The molecule has 0 saturated carbocycles. The molecular formula is C16H25BrN2. The summed E-state index contributed by atoms with van der Waals surface area (Å²) in [6, 6.07) is 9.34. The largest absolute Gasteiger partial charge is 0.317 e. The fourth-order valence-electron chi connectivity index (χ4n) is 3.09.